The largest absolute Gasteiger partial charge is 0.343 e. The van der Waals surface area contributed by atoms with Gasteiger partial charge in [0.1, 0.15) is 0 Å². The number of likely N-dealkylation sites (tertiary alicyclic amines) is 1. The summed E-state index contributed by atoms with van der Waals surface area (Å²) >= 11 is 0. The molecule has 2 N–H and O–H groups in total. The van der Waals surface area contributed by atoms with E-state index in [9.17, 15) is 4.79 Å². The number of nitrogens with two attached hydrogens (primary N) is 1. The lowest BCUT2D eigenvalue weighted by Crippen LogP contribution is -2.43. The highest BCUT2D eigenvalue weighted by atomic mass is 16.2. The average Bonchev–Trinajstić information content (AvgIpc) is 2.23. The summed E-state index contributed by atoms with van der Waals surface area (Å²) in [5.41, 5.74) is 5.90. The highest BCUT2D eigenvalue weighted by Gasteiger charge is 2.27. The van der Waals surface area contributed by atoms with E-state index in [0.29, 0.717) is 17.7 Å². The van der Waals surface area contributed by atoms with E-state index in [1.807, 2.05) is 0 Å². The molecule has 2 rings (SSSR count). The molecule has 16 heavy (non-hydrogen) atoms. The Bertz CT molecular complexity index is 240. The van der Waals surface area contributed by atoms with Gasteiger partial charge in [-0.05, 0) is 44.4 Å². The molecule has 0 bridgehead atoms. The molecule has 2 fully saturated rings. The Morgan fingerprint density at radius 3 is 2.38 bits per heavy atom. The number of amides is 1. The quantitative estimate of drug-likeness (QED) is 0.794. The summed E-state index contributed by atoms with van der Waals surface area (Å²) in [7, 11) is 0. The molecule has 1 atom stereocenters. The maximum absolute atomic E-state index is 12.0. The van der Waals surface area contributed by atoms with E-state index in [-0.39, 0.29) is 6.04 Å². The smallest absolute Gasteiger partial charge is 0.222 e. The van der Waals surface area contributed by atoms with Crippen molar-refractivity contribution in [3.05, 3.63) is 0 Å². The van der Waals surface area contributed by atoms with Crippen LogP contribution in [0.1, 0.15) is 45.4 Å². The van der Waals surface area contributed by atoms with Crippen LogP contribution in [-0.4, -0.2) is 29.9 Å². The van der Waals surface area contributed by atoms with Gasteiger partial charge in [-0.3, -0.25) is 4.79 Å². The van der Waals surface area contributed by atoms with Crippen LogP contribution in [0.25, 0.3) is 0 Å². The maximum atomic E-state index is 12.0. The van der Waals surface area contributed by atoms with Crippen molar-refractivity contribution in [2.24, 2.45) is 17.6 Å². The minimum Gasteiger partial charge on any atom is -0.343 e. The zero-order valence-electron chi connectivity index (χ0n) is 10.3. The van der Waals surface area contributed by atoms with Gasteiger partial charge in [0, 0.05) is 25.6 Å². The predicted molar refractivity (Wildman–Crippen MR) is 64.9 cm³/mol. The first kappa shape index (κ1) is 11.9. The Labute approximate surface area is 98.4 Å². The second-order valence-corrected chi connectivity index (χ2v) is 5.58. The molecule has 1 saturated carbocycles. The summed E-state index contributed by atoms with van der Waals surface area (Å²) in [5, 5.41) is 0. The lowest BCUT2D eigenvalue weighted by Gasteiger charge is -2.35. The third-order valence-corrected chi connectivity index (χ3v) is 4.32. The van der Waals surface area contributed by atoms with Crippen molar-refractivity contribution in [1.29, 1.82) is 0 Å². The minimum absolute atomic E-state index is 0.281. The highest BCUT2D eigenvalue weighted by molar-refractivity contribution is 5.76. The van der Waals surface area contributed by atoms with E-state index >= 15 is 0 Å². The first-order chi connectivity index (χ1) is 7.66. The molecule has 1 unspecified atom stereocenters. The number of hydrogen-bond donors (Lipinski definition) is 1. The number of carbonyl (C=O) groups is 1. The molecule has 1 saturated heterocycles. The van der Waals surface area contributed by atoms with Crippen molar-refractivity contribution < 1.29 is 4.79 Å². The number of rotatable bonds is 3. The summed E-state index contributed by atoms with van der Waals surface area (Å²) in [6, 6.07) is 0.281. The van der Waals surface area contributed by atoms with Gasteiger partial charge in [0.05, 0.1) is 0 Å². The topological polar surface area (TPSA) is 46.3 Å². The Balaban J connectivity index is 1.72. The normalized spacial score (nSPS) is 25.2. The molecular formula is C13H24N2O. The lowest BCUT2D eigenvalue weighted by molar-refractivity contribution is -0.134. The van der Waals surface area contributed by atoms with Crippen LogP contribution in [0.3, 0.4) is 0 Å². The van der Waals surface area contributed by atoms with Gasteiger partial charge < -0.3 is 10.6 Å². The molecule has 1 heterocycles. The number of nitrogens with zero attached hydrogens (tertiary/aromatic N) is 1. The Kier molecular flexibility index (Phi) is 3.85. The van der Waals surface area contributed by atoms with Crippen LogP contribution in [0.15, 0.2) is 0 Å². The van der Waals surface area contributed by atoms with Gasteiger partial charge in [-0.15, -0.1) is 0 Å². The minimum atomic E-state index is 0.281. The number of piperidine rings is 1. The van der Waals surface area contributed by atoms with E-state index in [1.165, 1.54) is 19.3 Å². The Morgan fingerprint density at radius 2 is 1.94 bits per heavy atom. The lowest BCUT2D eigenvalue weighted by atomic mass is 9.82. The molecule has 1 aliphatic carbocycles. The van der Waals surface area contributed by atoms with Crippen molar-refractivity contribution in [3.63, 3.8) is 0 Å². The molecule has 0 aromatic rings. The van der Waals surface area contributed by atoms with E-state index in [0.717, 1.165) is 32.4 Å². The van der Waals surface area contributed by atoms with Crippen molar-refractivity contribution in [2.75, 3.05) is 13.1 Å². The van der Waals surface area contributed by atoms with E-state index in [1.54, 1.807) is 0 Å². The molecule has 0 aromatic carbocycles. The van der Waals surface area contributed by atoms with Crippen LogP contribution in [-0.2, 0) is 4.79 Å². The van der Waals surface area contributed by atoms with Gasteiger partial charge >= 0.3 is 0 Å². The monoisotopic (exact) mass is 224 g/mol. The highest BCUT2D eigenvalue weighted by Crippen LogP contribution is 2.30. The molecular weight excluding hydrogens is 200 g/mol. The molecule has 3 nitrogen and oxygen atoms in total. The van der Waals surface area contributed by atoms with Gasteiger partial charge in [0.25, 0.3) is 0 Å². The van der Waals surface area contributed by atoms with E-state index < -0.39 is 0 Å². The van der Waals surface area contributed by atoms with E-state index in [2.05, 4.69) is 11.8 Å². The second kappa shape index (κ2) is 5.17. The van der Waals surface area contributed by atoms with Crippen LogP contribution >= 0.6 is 0 Å². The second-order valence-electron chi connectivity index (χ2n) is 5.58. The van der Waals surface area contributed by atoms with Gasteiger partial charge in [0.15, 0.2) is 0 Å². The number of carbonyl (C=O) groups excluding carboxylic acids is 1. The third kappa shape index (κ3) is 2.76. The van der Waals surface area contributed by atoms with Gasteiger partial charge in [-0.1, -0.05) is 6.42 Å². The standard InChI is InChI=1S/C13H24N2O/c1-10(14)12-5-7-15(8-6-12)13(16)9-11-3-2-4-11/h10-12H,2-9,14H2,1H3. The van der Waals surface area contributed by atoms with Crippen LogP contribution in [0, 0.1) is 11.8 Å². The zero-order chi connectivity index (χ0) is 11.5. The maximum Gasteiger partial charge on any atom is 0.222 e. The molecule has 1 aliphatic heterocycles. The molecule has 0 spiro atoms. The Hall–Kier alpha value is -0.570. The van der Waals surface area contributed by atoms with Crippen molar-refractivity contribution in [2.45, 2.75) is 51.5 Å². The molecule has 1 amide bonds. The fourth-order valence-corrected chi connectivity index (χ4v) is 2.75. The SMILES string of the molecule is CC(N)C1CCN(C(=O)CC2CCC2)CC1. The van der Waals surface area contributed by atoms with Crippen molar-refractivity contribution in [1.82, 2.24) is 4.90 Å². The van der Waals surface area contributed by atoms with E-state index in [4.69, 9.17) is 5.73 Å². The van der Waals surface area contributed by atoms with Gasteiger partial charge in [-0.2, -0.15) is 0 Å². The average molecular weight is 224 g/mol. The summed E-state index contributed by atoms with van der Waals surface area (Å²) in [6.45, 7) is 3.94. The molecule has 92 valence electrons. The van der Waals surface area contributed by atoms with Crippen LogP contribution < -0.4 is 5.73 Å². The summed E-state index contributed by atoms with van der Waals surface area (Å²) in [4.78, 5) is 14.0. The molecule has 0 radical (unpaired) electrons. The summed E-state index contributed by atoms with van der Waals surface area (Å²) in [6.07, 6.45) is 6.83. The van der Waals surface area contributed by atoms with Crippen LogP contribution in [0.5, 0.6) is 0 Å². The van der Waals surface area contributed by atoms with Gasteiger partial charge in [0.2, 0.25) is 5.91 Å². The first-order valence-corrected chi connectivity index (χ1v) is 6.70. The fraction of sp³-hybridized carbons (Fsp3) is 0.923. The van der Waals surface area contributed by atoms with Gasteiger partial charge in [-0.25, -0.2) is 0 Å². The van der Waals surface area contributed by atoms with Crippen molar-refractivity contribution in [3.8, 4) is 0 Å². The van der Waals surface area contributed by atoms with Crippen LogP contribution in [0.4, 0.5) is 0 Å². The Morgan fingerprint density at radius 1 is 1.31 bits per heavy atom. The molecule has 0 aromatic heterocycles. The van der Waals surface area contributed by atoms with Crippen molar-refractivity contribution >= 4 is 5.91 Å². The first-order valence-electron chi connectivity index (χ1n) is 6.70. The molecule has 2 aliphatic rings. The fourth-order valence-electron chi connectivity index (χ4n) is 2.75. The predicted octanol–water partition coefficient (Wildman–Crippen LogP) is 1.76. The zero-order valence-corrected chi connectivity index (χ0v) is 10.3. The summed E-state index contributed by atoms with van der Waals surface area (Å²) < 4.78 is 0. The molecule has 3 heteroatoms. The third-order valence-electron chi connectivity index (χ3n) is 4.32. The number of hydrogen-bond acceptors (Lipinski definition) is 2. The van der Waals surface area contributed by atoms with Crippen LogP contribution in [0.2, 0.25) is 0 Å². The summed E-state index contributed by atoms with van der Waals surface area (Å²) in [5.74, 6) is 1.69.